The topological polar surface area (TPSA) is 81.0 Å². The van der Waals surface area contributed by atoms with Gasteiger partial charge in [0.1, 0.15) is 17.4 Å². The van der Waals surface area contributed by atoms with Gasteiger partial charge in [0.2, 0.25) is 0 Å². The number of rotatable bonds is 6. The Kier molecular flexibility index (Phi) is 5.42. The van der Waals surface area contributed by atoms with Gasteiger partial charge in [-0.1, -0.05) is 0 Å². The molecule has 2 rings (SSSR count). The third-order valence-corrected chi connectivity index (χ3v) is 3.16. The fourth-order valence-electron chi connectivity index (χ4n) is 2.10. The van der Waals surface area contributed by atoms with E-state index in [1.54, 1.807) is 18.2 Å². The van der Waals surface area contributed by atoms with Crippen LogP contribution < -0.4 is 11.3 Å². The quantitative estimate of drug-likeness (QED) is 0.820. The maximum atomic E-state index is 13.0. The third kappa shape index (κ3) is 3.58. The van der Waals surface area contributed by atoms with Crippen LogP contribution in [0.4, 0.5) is 4.39 Å². The zero-order chi connectivity index (χ0) is 15.9. The molecule has 0 spiro atoms. The summed E-state index contributed by atoms with van der Waals surface area (Å²) in [4.78, 5) is 12.3. The minimum absolute atomic E-state index is 0.0599. The number of pyridine rings is 1. The Hall–Kier alpha value is -2.49. The van der Waals surface area contributed by atoms with Crippen molar-refractivity contribution < 1.29 is 9.13 Å². The first-order valence-corrected chi connectivity index (χ1v) is 6.85. The average Bonchev–Trinajstić information content (AvgIpc) is 2.53. The van der Waals surface area contributed by atoms with Crippen LogP contribution in [0.1, 0.15) is 5.56 Å². The zero-order valence-corrected chi connectivity index (χ0v) is 12.0. The summed E-state index contributed by atoms with van der Waals surface area (Å²) in [6, 6.07) is 10.9. The highest BCUT2D eigenvalue weighted by molar-refractivity contribution is 5.60. The molecule has 0 aliphatic carbocycles. The molecule has 0 fully saturated rings. The van der Waals surface area contributed by atoms with Crippen LogP contribution in [-0.2, 0) is 11.3 Å². The van der Waals surface area contributed by atoms with Crippen LogP contribution in [0.3, 0.4) is 0 Å². The molecule has 0 saturated heterocycles. The van der Waals surface area contributed by atoms with E-state index in [0.29, 0.717) is 37.6 Å². The van der Waals surface area contributed by atoms with Crippen LogP contribution in [0.15, 0.2) is 41.2 Å². The summed E-state index contributed by atoms with van der Waals surface area (Å²) in [5, 5.41) is 8.99. The minimum atomic E-state index is -0.388. The van der Waals surface area contributed by atoms with Gasteiger partial charge in [-0.2, -0.15) is 5.26 Å². The van der Waals surface area contributed by atoms with E-state index in [9.17, 15) is 9.18 Å². The van der Waals surface area contributed by atoms with E-state index in [1.165, 1.54) is 22.8 Å². The predicted molar refractivity (Wildman–Crippen MR) is 80.7 cm³/mol. The number of nitrogens with zero attached hydrogens (tertiary/aromatic N) is 2. The van der Waals surface area contributed by atoms with E-state index in [0.717, 1.165) is 0 Å². The number of hydrogen-bond donors (Lipinski definition) is 1. The molecule has 0 amide bonds. The van der Waals surface area contributed by atoms with Gasteiger partial charge < -0.3 is 15.0 Å². The molecule has 2 N–H and O–H groups in total. The number of aromatic nitrogens is 1. The van der Waals surface area contributed by atoms with Gasteiger partial charge in [0.05, 0.1) is 18.9 Å². The lowest BCUT2D eigenvalue weighted by Crippen LogP contribution is -2.26. The Balaban J connectivity index is 2.40. The van der Waals surface area contributed by atoms with Gasteiger partial charge in [-0.25, -0.2) is 4.39 Å². The first-order chi connectivity index (χ1) is 10.7. The second-order valence-electron chi connectivity index (χ2n) is 4.61. The fourth-order valence-corrected chi connectivity index (χ4v) is 2.10. The maximum absolute atomic E-state index is 13.0. The molecule has 22 heavy (non-hydrogen) atoms. The van der Waals surface area contributed by atoms with Gasteiger partial charge in [0, 0.05) is 13.1 Å². The second kappa shape index (κ2) is 7.50. The van der Waals surface area contributed by atoms with E-state index in [1.807, 2.05) is 6.07 Å². The van der Waals surface area contributed by atoms with E-state index in [4.69, 9.17) is 15.7 Å². The number of ether oxygens (including phenoxy) is 1. The van der Waals surface area contributed by atoms with Crippen molar-refractivity contribution in [3.05, 3.63) is 58.1 Å². The Labute approximate surface area is 127 Å². The summed E-state index contributed by atoms with van der Waals surface area (Å²) < 4.78 is 19.8. The van der Waals surface area contributed by atoms with Crippen molar-refractivity contribution in [2.75, 3.05) is 19.8 Å². The van der Waals surface area contributed by atoms with Crippen LogP contribution in [0.25, 0.3) is 11.3 Å². The molecule has 5 nitrogen and oxygen atoms in total. The normalized spacial score (nSPS) is 10.4. The SMILES string of the molecule is N#Cc1ccc(-c2ccc(F)cc2)n(CCOCCN)c1=O. The number of nitriles is 1. The molecule has 0 unspecified atom stereocenters. The van der Waals surface area contributed by atoms with E-state index < -0.39 is 0 Å². The lowest BCUT2D eigenvalue weighted by molar-refractivity contribution is 0.133. The van der Waals surface area contributed by atoms with E-state index in [2.05, 4.69) is 0 Å². The lowest BCUT2D eigenvalue weighted by Gasteiger charge is -2.13. The summed E-state index contributed by atoms with van der Waals surface area (Å²) in [6.45, 7) is 1.40. The highest BCUT2D eigenvalue weighted by atomic mass is 19.1. The molecule has 0 bridgehead atoms. The van der Waals surface area contributed by atoms with Crippen molar-refractivity contribution in [3.63, 3.8) is 0 Å². The van der Waals surface area contributed by atoms with Crippen LogP contribution in [0, 0.1) is 17.1 Å². The highest BCUT2D eigenvalue weighted by Gasteiger charge is 2.10. The Bertz CT molecular complexity index is 733. The van der Waals surface area contributed by atoms with Crippen LogP contribution in [0.5, 0.6) is 0 Å². The molecule has 114 valence electrons. The molecule has 0 aliphatic rings. The van der Waals surface area contributed by atoms with Crippen LogP contribution >= 0.6 is 0 Å². The summed E-state index contributed by atoms with van der Waals surface area (Å²) in [7, 11) is 0. The van der Waals surface area contributed by atoms with Crippen molar-refractivity contribution in [3.8, 4) is 17.3 Å². The van der Waals surface area contributed by atoms with Crippen molar-refractivity contribution in [1.29, 1.82) is 5.26 Å². The summed E-state index contributed by atoms with van der Waals surface area (Å²) in [5.41, 5.74) is 6.33. The first-order valence-electron chi connectivity index (χ1n) is 6.85. The van der Waals surface area contributed by atoms with E-state index >= 15 is 0 Å². The standard InChI is InChI=1S/C16H16FN3O2/c17-14-4-1-12(2-5-14)15-6-3-13(11-19)16(21)20(15)8-10-22-9-7-18/h1-6H,7-10,18H2. The summed E-state index contributed by atoms with van der Waals surface area (Å²) in [6.07, 6.45) is 0. The number of benzene rings is 1. The maximum Gasteiger partial charge on any atom is 0.269 e. The fraction of sp³-hybridized carbons (Fsp3) is 0.250. The monoisotopic (exact) mass is 301 g/mol. The summed E-state index contributed by atoms with van der Waals surface area (Å²) in [5.74, 6) is -0.349. The Morgan fingerprint density at radius 1 is 1.18 bits per heavy atom. The van der Waals surface area contributed by atoms with Crippen molar-refractivity contribution >= 4 is 0 Å². The van der Waals surface area contributed by atoms with Crippen LogP contribution in [-0.4, -0.2) is 24.3 Å². The number of nitrogens with two attached hydrogens (primary N) is 1. The van der Waals surface area contributed by atoms with Gasteiger partial charge in [0.15, 0.2) is 0 Å². The Morgan fingerprint density at radius 2 is 1.91 bits per heavy atom. The molecular weight excluding hydrogens is 285 g/mol. The van der Waals surface area contributed by atoms with Crippen molar-refractivity contribution in [1.82, 2.24) is 4.57 Å². The van der Waals surface area contributed by atoms with Gasteiger partial charge >= 0.3 is 0 Å². The largest absolute Gasteiger partial charge is 0.378 e. The lowest BCUT2D eigenvalue weighted by atomic mass is 10.1. The van der Waals surface area contributed by atoms with E-state index in [-0.39, 0.29) is 16.9 Å². The molecule has 1 aromatic carbocycles. The molecule has 0 atom stereocenters. The minimum Gasteiger partial charge on any atom is -0.378 e. The average molecular weight is 301 g/mol. The summed E-state index contributed by atoms with van der Waals surface area (Å²) >= 11 is 0. The molecule has 1 heterocycles. The number of halogens is 1. The zero-order valence-electron chi connectivity index (χ0n) is 12.0. The predicted octanol–water partition coefficient (Wildman–Crippen LogP) is 1.50. The van der Waals surface area contributed by atoms with Gasteiger partial charge in [-0.3, -0.25) is 4.79 Å². The van der Waals surface area contributed by atoms with Gasteiger partial charge in [0.25, 0.3) is 5.56 Å². The second-order valence-corrected chi connectivity index (χ2v) is 4.61. The molecule has 2 aromatic rings. The molecule has 0 saturated carbocycles. The molecule has 6 heteroatoms. The smallest absolute Gasteiger partial charge is 0.269 e. The van der Waals surface area contributed by atoms with Crippen LogP contribution in [0.2, 0.25) is 0 Å². The first kappa shape index (κ1) is 15.9. The highest BCUT2D eigenvalue weighted by Crippen LogP contribution is 2.18. The van der Waals surface area contributed by atoms with Gasteiger partial charge in [-0.15, -0.1) is 0 Å². The molecule has 1 aromatic heterocycles. The molecule has 0 aliphatic heterocycles. The van der Waals surface area contributed by atoms with Gasteiger partial charge in [-0.05, 0) is 42.0 Å². The Morgan fingerprint density at radius 3 is 2.55 bits per heavy atom. The van der Waals surface area contributed by atoms with Crippen molar-refractivity contribution in [2.24, 2.45) is 5.73 Å². The van der Waals surface area contributed by atoms with Crippen molar-refractivity contribution in [2.45, 2.75) is 6.54 Å². The molecule has 0 radical (unpaired) electrons. The number of hydrogen-bond acceptors (Lipinski definition) is 4. The molecular formula is C16H16FN3O2. The third-order valence-electron chi connectivity index (χ3n) is 3.16.